The van der Waals surface area contributed by atoms with Crippen LogP contribution in [0.25, 0.3) is 0 Å². The molecule has 1 heterocycles. The van der Waals surface area contributed by atoms with Crippen molar-refractivity contribution < 1.29 is 14.3 Å². The van der Waals surface area contributed by atoms with Crippen molar-refractivity contribution in [3.05, 3.63) is 18.2 Å². The van der Waals surface area contributed by atoms with Crippen molar-refractivity contribution in [3.8, 4) is 5.75 Å². The Bertz CT molecular complexity index is 479. The third kappa shape index (κ3) is 3.46. The molecule has 110 valence electrons. The van der Waals surface area contributed by atoms with Gasteiger partial charge in [-0.15, -0.1) is 0 Å². The lowest BCUT2D eigenvalue weighted by Crippen LogP contribution is -2.36. The molecule has 0 saturated carbocycles. The molecule has 1 amide bonds. The van der Waals surface area contributed by atoms with Gasteiger partial charge in [0.05, 0.1) is 19.8 Å². The largest absolute Gasteiger partial charge is 0.494 e. The molecule has 0 bridgehead atoms. The number of hydrogen-bond acceptors (Lipinski definition) is 5. The summed E-state index contributed by atoms with van der Waals surface area (Å²) in [5, 5.41) is 2.82. The number of nitrogens with zero attached hydrogens (tertiary/aromatic N) is 1. The number of methoxy groups -OCH3 is 1. The van der Waals surface area contributed by atoms with Gasteiger partial charge in [-0.1, -0.05) is 0 Å². The van der Waals surface area contributed by atoms with Crippen LogP contribution in [0.4, 0.5) is 16.2 Å². The number of alkyl carbamates (subject to hydrolysis) is 1. The minimum Gasteiger partial charge on any atom is -0.494 e. The number of carbonyl (C=O) groups is 1. The molecule has 0 aromatic heterocycles. The molecule has 3 N–H and O–H groups in total. The lowest BCUT2D eigenvalue weighted by Gasteiger charge is -2.20. The van der Waals surface area contributed by atoms with Crippen LogP contribution in [0.3, 0.4) is 0 Å². The van der Waals surface area contributed by atoms with Crippen LogP contribution in [0.2, 0.25) is 0 Å². The summed E-state index contributed by atoms with van der Waals surface area (Å²) in [6.45, 7) is 4.15. The molecule has 2 rings (SSSR count). The third-order valence-corrected chi connectivity index (χ3v) is 3.29. The summed E-state index contributed by atoms with van der Waals surface area (Å²) in [5.74, 6) is 0.770. The fourth-order valence-electron chi connectivity index (χ4n) is 2.38. The molecule has 0 aliphatic carbocycles. The van der Waals surface area contributed by atoms with Crippen molar-refractivity contribution in [3.63, 3.8) is 0 Å². The summed E-state index contributed by atoms with van der Waals surface area (Å²) >= 11 is 0. The maximum atomic E-state index is 11.2. The molecule has 6 nitrogen and oxygen atoms in total. The van der Waals surface area contributed by atoms with Crippen LogP contribution in [-0.2, 0) is 4.74 Å². The number of nitrogens with one attached hydrogen (secondary N) is 1. The monoisotopic (exact) mass is 279 g/mol. The van der Waals surface area contributed by atoms with Gasteiger partial charge in [0, 0.05) is 36.6 Å². The van der Waals surface area contributed by atoms with Crippen LogP contribution in [0.1, 0.15) is 13.3 Å². The Labute approximate surface area is 118 Å². The van der Waals surface area contributed by atoms with Gasteiger partial charge in [0.2, 0.25) is 0 Å². The molecule has 1 aliphatic heterocycles. The Morgan fingerprint density at radius 2 is 2.30 bits per heavy atom. The van der Waals surface area contributed by atoms with Gasteiger partial charge >= 0.3 is 6.09 Å². The number of nitrogens with two attached hydrogens (primary N) is 1. The average Bonchev–Trinajstić information content (AvgIpc) is 2.87. The molecule has 1 atom stereocenters. The van der Waals surface area contributed by atoms with E-state index < -0.39 is 0 Å². The molecule has 20 heavy (non-hydrogen) atoms. The number of hydrogen-bond donors (Lipinski definition) is 2. The Kier molecular flexibility index (Phi) is 4.55. The van der Waals surface area contributed by atoms with E-state index in [0.29, 0.717) is 12.3 Å². The Balaban J connectivity index is 2.04. The first-order valence-electron chi connectivity index (χ1n) is 6.75. The highest BCUT2D eigenvalue weighted by atomic mass is 16.5. The Morgan fingerprint density at radius 3 is 3.00 bits per heavy atom. The Hall–Kier alpha value is -2.11. The van der Waals surface area contributed by atoms with Crippen molar-refractivity contribution in [2.45, 2.75) is 19.4 Å². The molecule has 1 aromatic carbocycles. The number of amides is 1. The first kappa shape index (κ1) is 14.3. The lowest BCUT2D eigenvalue weighted by molar-refractivity contribution is 0.167. The van der Waals surface area contributed by atoms with E-state index in [4.69, 9.17) is 10.5 Å². The number of rotatable bonds is 4. The predicted octanol–water partition coefficient (Wildman–Crippen LogP) is 1.60. The predicted molar refractivity (Wildman–Crippen MR) is 78.2 cm³/mol. The molecule has 1 aliphatic rings. The van der Waals surface area contributed by atoms with E-state index in [-0.39, 0.29) is 12.1 Å². The van der Waals surface area contributed by atoms with E-state index >= 15 is 0 Å². The van der Waals surface area contributed by atoms with Crippen molar-refractivity contribution in [2.24, 2.45) is 0 Å². The molecule has 1 fully saturated rings. The van der Waals surface area contributed by atoms with E-state index in [2.05, 4.69) is 15.0 Å². The van der Waals surface area contributed by atoms with Crippen LogP contribution in [0.15, 0.2) is 18.2 Å². The van der Waals surface area contributed by atoms with Gasteiger partial charge in [-0.2, -0.15) is 0 Å². The van der Waals surface area contributed by atoms with Crippen molar-refractivity contribution in [1.82, 2.24) is 5.32 Å². The minimum atomic E-state index is -0.389. The zero-order chi connectivity index (χ0) is 14.5. The third-order valence-electron chi connectivity index (χ3n) is 3.29. The summed E-state index contributed by atoms with van der Waals surface area (Å²) in [6, 6.07) is 5.80. The summed E-state index contributed by atoms with van der Waals surface area (Å²) < 4.78 is 10.1. The van der Waals surface area contributed by atoms with Gasteiger partial charge in [-0.05, 0) is 19.4 Å². The normalized spacial score (nSPS) is 17.9. The van der Waals surface area contributed by atoms with Crippen molar-refractivity contribution in [1.29, 1.82) is 0 Å². The quantitative estimate of drug-likeness (QED) is 0.819. The van der Waals surface area contributed by atoms with Gasteiger partial charge in [0.25, 0.3) is 0 Å². The number of carbonyl (C=O) groups excluding carboxylic acids is 1. The second kappa shape index (κ2) is 6.36. The number of benzene rings is 1. The zero-order valence-corrected chi connectivity index (χ0v) is 11.9. The molecular formula is C14H21N3O3. The molecule has 0 radical (unpaired) electrons. The molecule has 6 heteroatoms. The topological polar surface area (TPSA) is 76.8 Å². The van der Waals surface area contributed by atoms with E-state index in [1.807, 2.05) is 25.1 Å². The second-order valence-corrected chi connectivity index (χ2v) is 4.76. The highest BCUT2D eigenvalue weighted by molar-refractivity contribution is 5.68. The summed E-state index contributed by atoms with van der Waals surface area (Å²) in [7, 11) is 1.37. The smallest absolute Gasteiger partial charge is 0.407 e. The second-order valence-electron chi connectivity index (χ2n) is 4.76. The number of anilines is 2. The first-order valence-corrected chi connectivity index (χ1v) is 6.75. The zero-order valence-electron chi connectivity index (χ0n) is 11.9. The molecule has 0 spiro atoms. The maximum absolute atomic E-state index is 11.2. The maximum Gasteiger partial charge on any atom is 0.407 e. The lowest BCUT2D eigenvalue weighted by atomic mass is 10.2. The molecule has 1 aromatic rings. The molecule has 1 saturated heterocycles. The number of ether oxygens (including phenoxy) is 2. The van der Waals surface area contributed by atoms with Gasteiger partial charge in [-0.25, -0.2) is 4.79 Å². The molecule has 1 unspecified atom stereocenters. The van der Waals surface area contributed by atoms with E-state index in [1.165, 1.54) is 7.11 Å². The highest BCUT2D eigenvalue weighted by Gasteiger charge is 2.24. The van der Waals surface area contributed by atoms with E-state index in [9.17, 15) is 4.79 Å². The van der Waals surface area contributed by atoms with Gasteiger partial charge in [0.15, 0.2) is 0 Å². The first-order chi connectivity index (χ1) is 9.62. The minimum absolute atomic E-state index is 0.0967. The van der Waals surface area contributed by atoms with Crippen LogP contribution >= 0.6 is 0 Å². The standard InChI is InChI=1S/C14H21N3O3/c1-3-20-13-7-10(15)6-12(8-13)17-5-4-11(9-17)16-14(18)19-2/h6-8,11H,3-5,9,15H2,1-2H3,(H,16,18). The van der Waals surface area contributed by atoms with Crippen LogP contribution < -0.4 is 20.7 Å². The summed E-state index contributed by atoms with van der Waals surface area (Å²) in [6.07, 6.45) is 0.493. The highest BCUT2D eigenvalue weighted by Crippen LogP contribution is 2.28. The van der Waals surface area contributed by atoms with Gasteiger partial charge in [-0.3, -0.25) is 0 Å². The fourth-order valence-corrected chi connectivity index (χ4v) is 2.38. The summed E-state index contributed by atoms with van der Waals surface area (Å²) in [4.78, 5) is 13.4. The van der Waals surface area contributed by atoms with Crippen molar-refractivity contribution >= 4 is 17.5 Å². The fraction of sp³-hybridized carbons (Fsp3) is 0.500. The average molecular weight is 279 g/mol. The van der Waals surface area contributed by atoms with E-state index in [0.717, 1.165) is 30.9 Å². The van der Waals surface area contributed by atoms with Crippen LogP contribution in [0.5, 0.6) is 5.75 Å². The molecular weight excluding hydrogens is 258 g/mol. The summed E-state index contributed by atoms with van der Waals surface area (Å²) in [5.41, 5.74) is 7.59. The Morgan fingerprint density at radius 1 is 1.50 bits per heavy atom. The van der Waals surface area contributed by atoms with Gasteiger partial charge in [0.1, 0.15) is 5.75 Å². The van der Waals surface area contributed by atoms with Crippen molar-refractivity contribution in [2.75, 3.05) is 37.4 Å². The number of nitrogen functional groups attached to an aromatic ring is 1. The SMILES string of the molecule is CCOc1cc(N)cc(N2CCC(NC(=O)OC)C2)c1. The van der Waals surface area contributed by atoms with Crippen LogP contribution in [0, 0.1) is 0 Å². The van der Waals surface area contributed by atoms with Crippen LogP contribution in [-0.4, -0.2) is 38.9 Å². The van der Waals surface area contributed by atoms with E-state index in [1.54, 1.807) is 0 Å². The van der Waals surface area contributed by atoms with Gasteiger partial charge < -0.3 is 25.4 Å².